The largest absolute Gasteiger partial charge is 0.299 e. The Balaban J connectivity index is 1.10. The number of piperidine rings is 2. The SMILES string of the molecule is Cc1cc2c(C3CCN(Cc4ccc5c(c4)CN(C4CCC(=O)NC4=O)C5S)CC3)ncnc2s1. The minimum atomic E-state index is -0.301. The van der Waals surface area contributed by atoms with Gasteiger partial charge in [-0.25, -0.2) is 9.97 Å². The second-order valence-electron chi connectivity index (χ2n) is 9.93. The number of hydrogen-bond acceptors (Lipinski definition) is 8. The monoisotopic (exact) mass is 507 g/mol. The van der Waals surface area contributed by atoms with Crippen LogP contribution < -0.4 is 5.32 Å². The number of nitrogens with zero attached hydrogens (tertiary/aromatic N) is 4. The van der Waals surface area contributed by atoms with Crippen LogP contribution in [0.5, 0.6) is 0 Å². The molecule has 2 aromatic heterocycles. The van der Waals surface area contributed by atoms with Crippen LogP contribution in [-0.4, -0.2) is 50.7 Å². The molecule has 5 heterocycles. The van der Waals surface area contributed by atoms with Crippen molar-refractivity contribution in [2.24, 2.45) is 0 Å². The van der Waals surface area contributed by atoms with Crippen molar-refractivity contribution in [3.8, 4) is 0 Å². The van der Waals surface area contributed by atoms with Crippen LogP contribution in [0.2, 0.25) is 0 Å². The highest BCUT2D eigenvalue weighted by atomic mass is 32.1. The highest BCUT2D eigenvalue weighted by Crippen LogP contribution is 2.40. The number of carbonyl (C=O) groups excluding carboxylic acids is 2. The summed E-state index contributed by atoms with van der Waals surface area (Å²) in [4.78, 5) is 40.1. The summed E-state index contributed by atoms with van der Waals surface area (Å²) in [6.45, 7) is 5.85. The topological polar surface area (TPSA) is 78.4 Å². The Hall–Kier alpha value is -2.33. The molecule has 1 aromatic carbocycles. The van der Waals surface area contributed by atoms with Crippen LogP contribution in [-0.2, 0) is 22.7 Å². The number of rotatable bonds is 4. The number of thiol groups is 1. The molecule has 3 aliphatic heterocycles. The molecule has 2 saturated heterocycles. The quantitative estimate of drug-likeness (QED) is 0.412. The molecule has 0 radical (unpaired) electrons. The van der Waals surface area contributed by atoms with Crippen molar-refractivity contribution < 1.29 is 9.59 Å². The number of amides is 2. The van der Waals surface area contributed by atoms with E-state index in [9.17, 15) is 9.59 Å². The van der Waals surface area contributed by atoms with Crippen LogP contribution in [0.15, 0.2) is 30.6 Å². The summed E-state index contributed by atoms with van der Waals surface area (Å²) in [6.07, 6.45) is 4.87. The van der Waals surface area contributed by atoms with Gasteiger partial charge in [0.25, 0.3) is 0 Å². The molecule has 0 bridgehead atoms. The van der Waals surface area contributed by atoms with Crippen molar-refractivity contribution >= 4 is 46.0 Å². The third kappa shape index (κ3) is 4.39. The normalized spacial score (nSPS) is 24.2. The van der Waals surface area contributed by atoms with Gasteiger partial charge < -0.3 is 0 Å². The van der Waals surface area contributed by atoms with Gasteiger partial charge in [-0.3, -0.25) is 24.7 Å². The average Bonchev–Trinajstić information content (AvgIpc) is 3.38. The molecule has 35 heavy (non-hydrogen) atoms. The molecule has 2 atom stereocenters. The fraction of sp³-hybridized carbons (Fsp3) is 0.462. The molecule has 2 fully saturated rings. The molecule has 0 saturated carbocycles. The van der Waals surface area contributed by atoms with Gasteiger partial charge in [0.05, 0.1) is 17.1 Å². The summed E-state index contributed by atoms with van der Waals surface area (Å²) in [6, 6.07) is 8.57. The van der Waals surface area contributed by atoms with Crippen LogP contribution in [0.1, 0.15) is 64.2 Å². The van der Waals surface area contributed by atoms with Gasteiger partial charge in [-0.1, -0.05) is 18.2 Å². The molecule has 182 valence electrons. The molecule has 3 aromatic rings. The van der Waals surface area contributed by atoms with Gasteiger partial charge in [0, 0.05) is 35.7 Å². The lowest BCUT2D eigenvalue weighted by Gasteiger charge is -2.32. The summed E-state index contributed by atoms with van der Waals surface area (Å²) in [7, 11) is 0. The van der Waals surface area contributed by atoms with Crippen LogP contribution in [0, 0.1) is 6.92 Å². The van der Waals surface area contributed by atoms with Gasteiger partial charge >= 0.3 is 0 Å². The van der Waals surface area contributed by atoms with E-state index in [1.807, 2.05) is 0 Å². The standard InChI is InChI=1S/C26H29N5O2S2/c1-15-10-20-23(27-14-28-25(20)35-15)17-6-8-30(9-7-17)12-16-2-3-19-18(11-16)13-31(26(19)34)21-4-5-22(32)29-24(21)33/h2-3,10-11,14,17,21,26,34H,4-9,12-13H2,1H3,(H,29,32,33). The maximum absolute atomic E-state index is 12.4. The fourth-order valence-electron chi connectivity index (χ4n) is 5.83. The van der Waals surface area contributed by atoms with E-state index in [0.29, 0.717) is 25.3 Å². The molecular weight excluding hydrogens is 478 g/mol. The Kier molecular flexibility index (Phi) is 6.12. The van der Waals surface area contributed by atoms with E-state index < -0.39 is 0 Å². The van der Waals surface area contributed by atoms with Gasteiger partial charge in [-0.05, 0) is 62.0 Å². The number of aromatic nitrogens is 2. The summed E-state index contributed by atoms with van der Waals surface area (Å²) in [5.74, 6) is 0.104. The molecule has 2 unspecified atom stereocenters. The van der Waals surface area contributed by atoms with E-state index in [1.165, 1.54) is 32.6 Å². The van der Waals surface area contributed by atoms with E-state index >= 15 is 0 Å². The van der Waals surface area contributed by atoms with Gasteiger partial charge in [0.2, 0.25) is 11.8 Å². The van der Waals surface area contributed by atoms with E-state index in [0.717, 1.165) is 37.3 Å². The van der Waals surface area contributed by atoms with Crippen molar-refractivity contribution in [3.63, 3.8) is 0 Å². The first-order valence-electron chi connectivity index (χ1n) is 12.3. The van der Waals surface area contributed by atoms with E-state index in [4.69, 9.17) is 12.6 Å². The van der Waals surface area contributed by atoms with Crippen molar-refractivity contribution in [1.29, 1.82) is 0 Å². The molecule has 2 amide bonds. The molecule has 0 spiro atoms. The van der Waals surface area contributed by atoms with Crippen molar-refractivity contribution in [2.45, 2.75) is 63.0 Å². The smallest absolute Gasteiger partial charge is 0.243 e. The number of hydrogen-bond donors (Lipinski definition) is 2. The predicted octanol–water partition coefficient (Wildman–Crippen LogP) is 3.93. The van der Waals surface area contributed by atoms with Gasteiger partial charge in [0.15, 0.2) is 0 Å². The molecule has 1 N–H and O–H groups in total. The lowest BCUT2D eigenvalue weighted by atomic mass is 9.91. The Bertz CT molecular complexity index is 1300. The zero-order valence-corrected chi connectivity index (χ0v) is 21.4. The number of aryl methyl sites for hydroxylation is 1. The maximum atomic E-state index is 12.4. The second kappa shape index (κ2) is 9.28. The van der Waals surface area contributed by atoms with Crippen molar-refractivity contribution in [1.82, 2.24) is 25.1 Å². The molecule has 9 heteroatoms. The molecule has 7 nitrogen and oxygen atoms in total. The highest BCUT2D eigenvalue weighted by molar-refractivity contribution is 7.80. The Morgan fingerprint density at radius 1 is 1.14 bits per heavy atom. The minimum Gasteiger partial charge on any atom is -0.299 e. The van der Waals surface area contributed by atoms with Gasteiger partial charge in [-0.2, -0.15) is 12.6 Å². The third-order valence-electron chi connectivity index (χ3n) is 7.63. The van der Waals surface area contributed by atoms with Crippen LogP contribution in [0.25, 0.3) is 10.2 Å². The summed E-state index contributed by atoms with van der Waals surface area (Å²) < 4.78 is 0. The van der Waals surface area contributed by atoms with Crippen molar-refractivity contribution in [2.75, 3.05) is 13.1 Å². The molecule has 3 aliphatic rings. The van der Waals surface area contributed by atoms with E-state index in [1.54, 1.807) is 17.7 Å². The zero-order valence-electron chi connectivity index (χ0n) is 19.7. The summed E-state index contributed by atoms with van der Waals surface area (Å²) in [5, 5.41) is 3.59. The predicted molar refractivity (Wildman–Crippen MR) is 139 cm³/mol. The van der Waals surface area contributed by atoms with E-state index in [2.05, 4.69) is 56.3 Å². The number of thiophene rings is 1. The second-order valence-corrected chi connectivity index (χ2v) is 11.7. The Morgan fingerprint density at radius 3 is 2.77 bits per heavy atom. The Labute approximate surface area is 214 Å². The number of benzene rings is 1. The zero-order chi connectivity index (χ0) is 24.1. The Morgan fingerprint density at radius 2 is 1.97 bits per heavy atom. The highest BCUT2D eigenvalue weighted by Gasteiger charge is 2.39. The molecule has 0 aliphatic carbocycles. The third-order valence-corrected chi connectivity index (χ3v) is 9.16. The first-order valence-corrected chi connectivity index (χ1v) is 13.6. The van der Waals surface area contributed by atoms with E-state index in [-0.39, 0.29) is 23.2 Å². The molecule has 6 rings (SSSR count). The number of carbonyl (C=O) groups is 2. The number of likely N-dealkylation sites (tertiary alicyclic amines) is 1. The minimum absolute atomic E-state index is 0.121. The van der Waals surface area contributed by atoms with Gasteiger partial charge in [0.1, 0.15) is 11.2 Å². The first kappa shape index (κ1) is 23.1. The summed E-state index contributed by atoms with van der Waals surface area (Å²) in [5.41, 5.74) is 4.91. The first-order chi connectivity index (χ1) is 17.0. The van der Waals surface area contributed by atoms with Crippen molar-refractivity contribution in [3.05, 3.63) is 57.9 Å². The van der Waals surface area contributed by atoms with Crippen LogP contribution >= 0.6 is 24.0 Å². The van der Waals surface area contributed by atoms with Crippen LogP contribution in [0.3, 0.4) is 0 Å². The number of imide groups is 1. The fourth-order valence-corrected chi connectivity index (χ4v) is 7.18. The van der Waals surface area contributed by atoms with Gasteiger partial charge in [-0.15, -0.1) is 11.3 Å². The maximum Gasteiger partial charge on any atom is 0.243 e. The lowest BCUT2D eigenvalue weighted by Crippen LogP contribution is -2.51. The lowest BCUT2D eigenvalue weighted by molar-refractivity contribution is -0.137. The van der Waals surface area contributed by atoms with Crippen LogP contribution in [0.4, 0.5) is 0 Å². The average molecular weight is 508 g/mol. The number of fused-ring (bicyclic) bond motifs is 2. The number of nitrogens with one attached hydrogen (secondary N) is 1. The summed E-state index contributed by atoms with van der Waals surface area (Å²) >= 11 is 6.56. The molecular formula is C26H29N5O2S2.